The summed E-state index contributed by atoms with van der Waals surface area (Å²) >= 11 is 0. The minimum Gasteiger partial charge on any atom is -0.481 e. The Morgan fingerprint density at radius 1 is 1.44 bits per heavy atom. The first-order chi connectivity index (χ1) is 8.65. The molecule has 1 saturated heterocycles. The minimum atomic E-state index is -0.745. The highest BCUT2D eigenvalue weighted by molar-refractivity contribution is 5.70. The molecule has 1 aromatic heterocycles. The van der Waals surface area contributed by atoms with Gasteiger partial charge < -0.3 is 14.4 Å². The maximum absolute atomic E-state index is 11.3. The molecule has 0 spiro atoms. The van der Waals surface area contributed by atoms with Crippen LogP contribution in [0.15, 0.2) is 22.8 Å². The van der Waals surface area contributed by atoms with E-state index in [1.165, 1.54) is 0 Å². The fourth-order valence-corrected chi connectivity index (χ4v) is 2.24. The van der Waals surface area contributed by atoms with Crippen molar-refractivity contribution >= 4 is 5.97 Å². The van der Waals surface area contributed by atoms with Gasteiger partial charge in [0.25, 0.3) is 0 Å². The maximum Gasteiger partial charge on any atom is 0.308 e. The number of hydrogen-bond donors (Lipinski definition) is 1. The van der Waals surface area contributed by atoms with Crippen molar-refractivity contribution < 1.29 is 14.3 Å². The standard InChI is InChI=1S/C13H20N2O3/c1-14-4-6-15(7-5-14)10-11(13(16)17)9-12-3-2-8-18-12/h2-3,8,11H,4-7,9-10H2,1H3,(H,16,17). The van der Waals surface area contributed by atoms with Crippen molar-refractivity contribution in [3.05, 3.63) is 24.2 Å². The van der Waals surface area contributed by atoms with Gasteiger partial charge in [0, 0.05) is 39.1 Å². The van der Waals surface area contributed by atoms with E-state index in [9.17, 15) is 9.90 Å². The van der Waals surface area contributed by atoms with Crippen LogP contribution in [0.25, 0.3) is 0 Å². The largest absolute Gasteiger partial charge is 0.481 e. The SMILES string of the molecule is CN1CCN(CC(Cc2ccco2)C(=O)O)CC1. The number of carboxylic acid groups (broad SMARTS) is 1. The van der Waals surface area contributed by atoms with Crippen molar-refractivity contribution in [3.8, 4) is 0 Å². The van der Waals surface area contributed by atoms with E-state index in [-0.39, 0.29) is 5.92 Å². The van der Waals surface area contributed by atoms with Gasteiger partial charge in [-0.25, -0.2) is 0 Å². The third-order valence-corrected chi connectivity index (χ3v) is 3.45. The molecule has 0 aromatic carbocycles. The monoisotopic (exact) mass is 252 g/mol. The third kappa shape index (κ3) is 3.58. The van der Waals surface area contributed by atoms with Crippen LogP contribution in [0.1, 0.15) is 5.76 Å². The van der Waals surface area contributed by atoms with Crippen LogP contribution in [0.2, 0.25) is 0 Å². The molecule has 0 saturated carbocycles. The Morgan fingerprint density at radius 2 is 2.17 bits per heavy atom. The number of carbonyl (C=O) groups is 1. The molecule has 1 N–H and O–H groups in total. The summed E-state index contributed by atoms with van der Waals surface area (Å²) in [5, 5.41) is 9.28. The number of hydrogen-bond acceptors (Lipinski definition) is 4. The molecule has 1 fully saturated rings. The summed E-state index contributed by atoms with van der Waals surface area (Å²) in [6.07, 6.45) is 2.05. The van der Waals surface area contributed by atoms with E-state index in [0.717, 1.165) is 31.9 Å². The molecule has 0 radical (unpaired) electrons. The van der Waals surface area contributed by atoms with Gasteiger partial charge in [0.05, 0.1) is 12.2 Å². The summed E-state index contributed by atoms with van der Waals surface area (Å²) in [5.74, 6) is -0.388. The zero-order chi connectivity index (χ0) is 13.0. The van der Waals surface area contributed by atoms with Crippen molar-refractivity contribution in [2.24, 2.45) is 5.92 Å². The van der Waals surface area contributed by atoms with Crippen molar-refractivity contribution in [2.45, 2.75) is 6.42 Å². The van der Waals surface area contributed by atoms with Crippen LogP contribution in [0, 0.1) is 5.92 Å². The molecule has 0 bridgehead atoms. The van der Waals surface area contributed by atoms with Crippen LogP contribution in [-0.4, -0.2) is 60.6 Å². The first-order valence-corrected chi connectivity index (χ1v) is 6.31. The Balaban J connectivity index is 1.88. The van der Waals surface area contributed by atoms with Gasteiger partial charge in [-0.1, -0.05) is 0 Å². The van der Waals surface area contributed by atoms with Gasteiger partial charge in [0.1, 0.15) is 5.76 Å². The lowest BCUT2D eigenvalue weighted by molar-refractivity contribution is -0.142. The quantitative estimate of drug-likeness (QED) is 0.839. The molecule has 1 atom stereocenters. The van der Waals surface area contributed by atoms with E-state index >= 15 is 0 Å². The fraction of sp³-hybridized carbons (Fsp3) is 0.615. The minimum absolute atomic E-state index is 0.389. The molecule has 18 heavy (non-hydrogen) atoms. The lowest BCUT2D eigenvalue weighted by atomic mass is 10.0. The van der Waals surface area contributed by atoms with Crippen LogP contribution >= 0.6 is 0 Å². The van der Waals surface area contributed by atoms with E-state index in [1.807, 2.05) is 6.07 Å². The van der Waals surface area contributed by atoms with Gasteiger partial charge in [0.15, 0.2) is 0 Å². The number of aliphatic carboxylic acids is 1. The number of likely N-dealkylation sites (N-methyl/N-ethyl adjacent to an activating group) is 1. The van der Waals surface area contributed by atoms with Gasteiger partial charge in [-0.05, 0) is 19.2 Å². The molecule has 2 heterocycles. The molecule has 1 unspecified atom stereocenters. The summed E-state index contributed by atoms with van der Waals surface area (Å²) in [4.78, 5) is 15.8. The van der Waals surface area contributed by atoms with E-state index in [2.05, 4.69) is 16.8 Å². The number of carboxylic acids is 1. The van der Waals surface area contributed by atoms with Crippen LogP contribution in [0.5, 0.6) is 0 Å². The second-order valence-corrected chi connectivity index (χ2v) is 4.92. The molecule has 2 rings (SSSR count). The Morgan fingerprint density at radius 3 is 2.72 bits per heavy atom. The molecule has 0 aliphatic carbocycles. The molecule has 1 aliphatic heterocycles. The molecule has 1 aromatic rings. The highest BCUT2D eigenvalue weighted by Gasteiger charge is 2.24. The van der Waals surface area contributed by atoms with Gasteiger partial charge in [-0.2, -0.15) is 0 Å². The highest BCUT2D eigenvalue weighted by Crippen LogP contribution is 2.13. The number of nitrogens with zero attached hydrogens (tertiary/aromatic N) is 2. The first kappa shape index (κ1) is 13.1. The Kier molecular flexibility index (Phi) is 4.38. The topological polar surface area (TPSA) is 56.9 Å². The predicted octanol–water partition coefficient (Wildman–Crippen LogP) is 0.770. The van der Waals surface area contributed by atoms with E-state index in [0.29, 0.717) is 13.0 Å². The average molecular weight is 252 g/mol. The maximum atomic E-state index is 11.3. The Labute approximate surface area is 107 Å². The third-order valence-electron chi connectivity index (χ3n) is 3.45. The van der Waals surface area contributed by atoms with Crippen molar-refractivity contribution in [2.75, 3.05) is 39.8 Å². The number of furan rings is 1. The highest BCUT2D eigenvalue weighted by atomic mass is 16.4. The van der Waals surface area contributed by atoms with Crippen LogP contribution in [-0.2, 0) is 11.2 Å². The van der Waals surface area contributed by atoms with Crippen LogP contribution < -0.4 is 0 Å². The normalized spacial score (nSPS) is 19.8. The summed E-state index contributed by atoms with van der Waals surface area (Å²) in [7, 11) is 2.09. The van der Waals surface area contributed by atoms with E-state index in [4.69, 9.17) is 4.42 Å². The van der Waals surface area contributed by atoms with E-state index in [1.54, 1.807) is 12.3 Å². The van der Waals surface area contributed by atoms with Crippen LogP contribution in [0.3, 0.4) is 0 Å². The average Bonchev–Trinajstić information content (AvgIpc) is 2.84. The lowest BCUT2D eigenvalue weighted by Gasteiger charge is -2.33. The molecular formula is C13H20N2O3. The summed E-state index contributed by atoms with van der Waals surface area (Å²) in [5.41, 5.74) is 0. The van der Waals surface area contributed by atoms with Gasteiger partial charge in [0.2, 0.25) is 0 Å². The molecule has 5 heteroatoms. The van der Waals surface area contributed by atoms with Crippen molar-refractivity contribution in [3.63, 3.8) is 0 Å². The second-order valence-electron chi connectivity index (χ2n) is 4.92. The van der Waals surface area contributed by atoms with Gasteiger partial charge in [-0.3, -0.25) is 9.69 Å². The van der Waals surface area contributed by atoms with Crippen LogP contribution in [0.4, 0.5) is 0 Å². The second kappa shape index (κ2) is 6.02. The summed E-state index contributed by atoms with van der Waals surface area (Å²) < 4.78 is 5.23. The molecule has 0 amide bonds. The predicted molar refractivity (Wildman–Crippen MR) is 67.5 cm³/mol. The molecule has 5 nitrogen and oxygen atoms in total. The summed E-state index contributed by atoms with van der Waals surface area (Å²) in [6.45, 7) is 4.50. The van der Waals surface area contributed by atoms with Gasteiger partial charge in [-0.15, -0.1) is 0 Å². The number of piperazine rings is 1. The van der Waals surface area contributed by atoms with Gasteiger partial charge >= 0.3 is 5.97 Å². The first-order valence-electron chi connectivity index (χ1n) is 6.31. The van der Waals surface area contributed by atoms with E-state index < -0.39 is 5.97 Å². The lowest BCUT2D eigenvalue weighted by Crippen LogP contribution is -2.47. The molecule has 100 valence electrons. The zero-order valence-electron chi connectivity index (χ0n) is 10.7. The zero-order valence-corrected chi connectivity index (χ0v) is 10.7. The smallest absolute Gasteiger partial charge is 0.308 e. The van der Waals surface area contributed by atoms with Crippen molar-refractivity contribution in [1.29, 1.82) is 0 Å². The molecule has 1 aliphatic rings. The van der Waals surface area contributed by atoms with Crippen molar-refractivity contribution in [1.82, 2.24) is 9.80 Å². The Hall–Kier alpha value is -1.33. The fourth-order valence-electron chi connectivity index (χ4n) is 2.24. The number of rotatable bonds is 5. The summed E-state index contributed by atoms with van der Waals surface area (Å²) in [6, 6.07) is 3.63. The molecular weight excluding hydrogens is 232 g/mol. The Bertz CT molecular complexity index is 370.